The second-order valence-corrected chi connectivity index (χ2v) is 7.13. The first kappa shape index (κ1) is 19.8. The zero-order valence-electron chi connectivity index (χ0n) is 15.0. The van der Waals surface area contributed by atoms with Gasteiger partial charge in [0.1, 0.15) is 5.60 Å². The molecule has 0 spiro atoms. The Morgan fingerprint density at radius 2 is 2.20 bits per heavy atom. The first-order chi connectivity index (χ1) is 11.4. The molecule has 3 rings (SSSR count). The molecule has 1 aromatic rings. The van der Waals surface area contributed by atoms with Gasteiger partial charge in [-0.1, -0.05) is 0 Å². The molecule has 0 bridgehead atoms. The Morgan fingerprint density at radius 3 is 2.88 bits per heavy atom. The van der Waals surface area contributed by atoms with Crippen LogP contribution in [0.15, 0.2) is 23.5 Å². The van der Waals surface area contributed by atoms with E-state index >= 15 is 0 Å². The largest absolute Gasteiger partial charge is 0.444 e. The van der Waals surface area contributed by atoms with Gasteiger partial charge in [0.25, 0.3) is 0 Å². The van der Waals surface area contributed by atoms with Crippen molar-refractivity contribution in [1.82, 2.24) is 24.9 Å². The number of fused-ring (bicyclic) bond motifs is 1. The summed E-state index contributed by atoms with van der Waals surface area (Å²) >= 11 is 0. The van der Waals surface area contributed by atoms with Gasteiger partial charge in [-0.25, -0.2) is 4.79 Å². The minimum Gasteiger partial charge on any atom is -0.444 e. The van der Waals surface area contributed by atoms with Gasteiger partial charge in [0.2, 0.25) is 0 Å². The zero-order chi connectivity index (χ0) is 17.2. The molecule has 9 heteroatoms. The van der Waals surface area contributed by atoms with Crippen LogP contribution in [0, 0.1) is 0 Å². The number of carbonyl (C=O) groups excluding carboxylic acids is 1. The van der Waals surface area contributed by atoms with Crippen molar-refractivity contribution in [3.63, 3.8) is 0 Å². The summed E-state index contributed by atoms with van der Waals surface area (Å²) in [5.41, 5.74) is -0.459. The lowest BCUT2D eigenvalue weighted by molar-refractivity contribution is 0.0137. The van der Waals surface area contributed by atoms with E-state index in [1.807, 2.05) is 37.7 Å². The number of amides is 1. The van der Waals surface area contributed by atoms with Gasteiger partial charge in [0, 0.05) is 38.6 Å². The van der Waals surface area contributed by atoms with Crippen molar-refractivity contribution in [3.8, 4) is 0 Å². The number of aromatic nitrogens is 2. The molecule has 1 fully saturated rings. The summed E-state index contributed by atoms with van der Waals surface area (Å²) < 4.78 is 7.35. The molecule has 8 nitrogen and oxygen atoms in total. The van der Waals surface area contributed by atoms with E-state index in [1.165, 1.54) is 0 Å². The first-order valence-electron chi connectivity index (χ1n) is 8.43. The van der Waals surface area contributed by atoms with Crippen LogP contribution in [0.5, 0.6) is 0 Å². The maximum Gasteiger partial charge on any atom is 0.410 e. The summed E-state index contributed by atoms with van der Waals surface area (Å²) in [6, 6.07) is 2.15. The number of hydrogen-bond donors (Lipinski definition) is 1. The molecule has 140 valence electrons. The highest BCUT2D eigenvalue weighted by Crippen LogP contribution is 2.18. The molecule has 25 heavy (non-hydrogen) atoms. The van der Waals surface area contributed by atoms with Gasteiger partial charge in [-0.15, -0.1) is 24.0 Å². The van der Waals surface area contributed by atoms with E-state index in [2.05, 4.69) is 20.3 Å². The summed E-state index contributed by atoms with van der Waals surface area (Å²) in [5, 5.41) is 7.57. The normalized spacial score (nSPS) is 19.8. The molecular formula is C16H27IN6O2. The zero-order valence-corrected chi connectivity index (χ0v) is 17.3. The fourth-order valence-corrected chi connectivity index (χ4v) is 2.94. The number of aliphatic imine (C=N–C) groups is 1. The lowest BCUT2D eigenvalue weighted by Crippen LogP contribution is -2.57. The van der Waals surface area contributed by atoms with Crippen molar-refractivity contribution < 1.29 is 9.53 Å². The van der Waals surface area contributed by atoms with Crippen molar-refractivity contribution in [3.05, 3.63) is 18.5 Å². The van der Waals surface area contributed by atoms with Crippen LogP contribution in [0.3, 0.4) is 0 Å². The lowest BCUT2D eigenvalue weighted by Gasteiger charge is -2.39. The molecule has 0 aliphatic carbocycles. The number of nitrogens with zero attached hydrogens (tertiary/aromatic N) is 5. The third-order valence-corrected chi connectivity index (χ3v) is 4.04. The van der Waals surface area contributed by atoms with Crippen molar-refractivity contribution in [2.24, 2.45) is 4.99 Å². The van der Waals surface area contributed by atoms with Crippen molar-refractivity contribution in [2.75, 3.05) is 32.7 Å². The number of rotatable bonds is 3. The Morgan fingerprint density at radius 1 is 1.40 bits per heavy atom. The Labute approximate surface area is 165 Å². The highest BCUT2D eigenvalue weighted by Gasteiger charge is 2.36. The van der Waals surface area contributed by atoms with Crippen LogP contribution in [0.2, 0.25) is 0 Å². The second-order valence-electron chi connectivity index (χ2n) is 7.13. The fraction of sp³-hybridized carbons (Fsp3) is 0.688. The average Bonchev–Trinajstić information content (AvgIpc) is 3.15. The van der Waals surface area contributed by atoms with E-state index in [1.54, 1.807) is 11.1 Å². The van der Waals surface area contributed by atoms with Crippen molar-refractivity contribution >= 4 is 36.0 Å². The van der Waals surface area contributed by atoms with Crippen molar-refractivity contribution in [2.45, 2.75) is 39.0 Å². The van der Waals surface area contributed by atoms with E-state index in [4.69, 9.17) is 4.74 Å². The molecule has 0 aromatic carbocycles. The fourth-order valence-electron chi connectivity index (χ4n) is 2.94. The molecule has 1 unspecified atom stereocenters. The average molecular weight is 462 g/mol. The highest BCUT2D eigenvalue weighted by atomic mass is 127. The monoisotopic (exact) mass is 462 g/mol. The molecule has 1 saturated heterocycles. The Bertz CT molecular complexity index is 598. The minimum atomic E-state index is -0.459. The SMILES string of the molecule is CC(C)(C)OC(=O)N1CCN2C(NCCn3cccn3)=NCC2C1.I. The summed E-state index contributed by atoms with van der Waals surface area (Å²) in [5.74, 6) is 0.927. The number of hydrogen-bond acceptors (Lipinski definition) is 6. The number of carbonyl (C=O) groups is 1. The summed E-state index contributed by atoms with van der Waals surface area (Å²) in [4.78, 5) is 20.8. The maximum absolute atomic E-state index is 12.2. The van der Waals surface area contributed by atoms with E-state index in [9.17, 15) is 4.79 Å². The van der Waals surface area contributed by atoms with Crippen LogP contribution in [-0.4, -0.2) is 76.0 Å². The Kier molecular flexibility index (Phi) is 6.53. The molecule has 2 aliphatic heterocycles. The predicted octanol–water partition coefficient (Wildman–Crippen LogP) is 1.38. The molecule has 1 N–H and O–H groups in total. The standard InChI is InChI=1S/C16H26N6O2.HI/c1-16(2,3)24-15(23)20-9-10-22-13(12-20)11-18-14(22)17-6-8-21-7-4-5-19-21;/h4-5,7,13H,6,8-12H2,1-3H3,(H,17,18);1H. The van der Waals surface area contributed by atoms with E-state index in [-0.39, 0.29) is 36.1 Å². The number of halogens is 1. The van der Waals surface area contributed by atoms with E-state index in [0.717, 1.165) is 25.6 Å². The van der Waals surface area contributed by atoms with E-state index in [0.29, 0.717) is 19.6 Å². The molecule has 1 amide bonds. The quantitative estimate of drug-likeness (QED) is 0.688. The Hall–Kier alpha value is -1.52. The predicted molar refractivity (Wildman–Crippen MR) is 106 cm³/mol. The molecule has 0 saturated carbocycles. The van der Waals surface area contributed by atoms with Crippen molar-refractivity contribution in [1.29, 1.82) is 0 Å². The number of ether oxygens (including phenoxy) is 1. The number of piperazine rings is 1. The lowest BCUT2D eigenvalue weighted by atomic mass is 10.2. The van der Waals surface area contributed by atoms with Crippen LogP contribution in [0.1, 0.15) is 20.8 Å². The summed E-state index contributed by atoms with van der Waals surface area (Å²) in [6.07, 6.45) is 3.49. The number of guanidine groups is 1. The Balaban J connectivity index is 0.00000225. The molecule has 2 aliphatic rings. The maximum atomic E-state index is 12.2. The van der Waals surface area contributed by atoms with Crippen LogP contribution >= 0.6 is 24.0 Å². The van der Waals surface area contributed by atoms with Gasteiger partial charge >= 0.3 is 6.09 Å². The first-order valence-corrected chi connectivity index (χ1v) is 8.43. The van der Waals surface area contributed by atoms with Crippen LogP contribution in [0.25, 0.3) is 0 Å². The molecule has 1 aromatic heterocycles. The topological polar surface area (TPSA) is 75.0 Å². The van der Waals surface area contributed by atoms with Gasteiger partial charge in [-0.2, -0.15) is 5.10 Å². The van der Waals surface area contributed by atoms with Gasteiger partial charge in [-0.3, -0.25) is 9.67 Å². The van der Waals surface area contributed by atoms with Gasteiger partial charge < -0.3 is 19.9 Å². The van der Waals surface area contributed by atoms with Crippen LogP contribution in [0.4, 0.5) is 4.79 Å². The van der Waals surface area contributed by atoms with Gasteiger partial charge in [-0.05, 0) is 26.8 Å². The third kappa shape index (κ3) is 5.23. The molecule has 3 heterocycles. The second kappa shape index (κ2) is 8.24. The minimum absolute atomic E-state index is 0. The molecule has 0 radical (unpaired) electrons. The third-order valence-electron chi connectivity index (χ3n) is 4.04. The smallest absolute Gasteiger partial charge is 0.410 e. The summed E-state index contributed by atoms with van der Waals surface area (Å²) in [6.45, 7) is 10.0. The van der Waals surface area contributed by atoms with Crippen LogP contribution in [-0.2, 0) is 11.3 Å². The van der Waals surface area contributed by atoms with E-state index < -0.39 is 5.60 Å². The van der Waals surface area contributed by atoms with Gasteiger partial charge in [0.15, 0.2) is 5.96 Å². The summed E-state index contributed by atoms with van der Waals surface area (Å²) in [7, 11) is 0. The highest BCUT2D eigenvalue weighted by molar-refractivity contribution is 14.0. The van der Waals surface area contributed by atoms with Crippen LogP contribution < -0.4 is 5.32 Å². The number of nitrogens with one attached hydrogen (secondary N) is 1. The molecular weight excluding hydrogens is 435 g/mol. The van der Waals surface area contributed by atoms with Gasteiger partial charge in [0.05, 0.1) is 19.1 Å². The molecule has 1 atom stereocenters.